The molecule has 3 aromatic rings. The first kappa shape index (κ1) is 25.0. The van der Waals surface area contributed by atoms with E-state index in [1.54, 1.807) is 37.4 Å². The van der Waals surface area contributed by atoms with Crippen LogP contribution in [0.3, 0.4) is 0 Å². The van der Waals surface area contributed by atoms with Crippen molar-refractivity contribution in [3.8, 4) is 17.4 Å². The van der Waals surface area contributed by atoms with Crippen molar-refractivity contribution in [2.45, 2.75) is 20.1 Å². The molecule has 2 N–H and O–H groups in total. The van der Waals surface area contributed by atoms with Gasteiger partial charge in [-0.15, -0.1) is 0 Å². The highest BCUT2D eigenvalue weighted by atomic mass is 32.2. The third-order valence-corrected chi connectivity index (χ3v) is 6.83. The molecule has 1 fully saturated rings. The number of carbonyl (C=O) groups is 1. The number of nitrogens with zero attached hydrogens (tertiary/aromatic N) is 2. The lowest BCUT2D eigenvalue weighted by atomic mass is 10.1. The molecular formula is C24H25FN4O6S. The van der Waals surface area contributed by atoms with E-state index in [4.69, 9.17) is 14.2 Å². The molecule has 1 aliphatic heterocycles. The quantitative estimate of drug-likeness (QED) is 0.446. The first-order valence-electron chi connectivity index (χ1n) is 10.9. The van der Waals surface area contributed by atoms with E-state index in [2.05, 4.69) is 10.3 Å². The number of anilines is 2. The van der Waals surface area contributed by atoms with Crippen molar-refractivity contribution in [1.82, 2.24) is 9.71 Å². The van der Waals surface area contributed by atoms with Gasteiger partial charge in [-0.3, -0.25) is 4.79 Å². The lowest BCUT2D eigenvalue weighted by Crippen LogP contribution is -2.30. The number of halogens is 1. The summed E-state index contributed by atoms with van der Waals surface area (Å²) in [5.74, 6) is -0.0120. The zero-order valence-corrected chi connectivity index (χ0v) is 20.7. The molecule has 10 nitrogen and oxygen atoms in total. The van der Waals surface area contributed by atoms with Crippen LogP contribution in [0.5, 0.6) is 17.4 Å². The Hall–Kier alpha value is -4.06. The minimum atomic E-state index is -4.25. The molecule has 1 amide bonds. The number of aromatic nitrogens is 1. The van der Waals surface area contributed by atoms with Gasteiger partial charge < -0.3 is 19.5 Å². The summed E-state index contributed by atoms with van der Waals surface area (Å²) in [5, 5.41) is 3.13. The Bertz CT molecular complexity index is 1380. The molecule has 0 bridgehead atoms. The molecule has 12 heteroatoms. The van der Waals surface area contributed by atoms with Crippen LogP contribution in [0.15, 0.2) is 48.5 Å². The van der Waals surface area contributed by atoms with Gasteiger partial charge in [0.05, 0.1) is 14.2 Å². The number of hydrogen-bond acceptors (Lipinski definition) is 8. The van der Waals surface area contributed by atoms with Crippen molar-refractivity contribution in [3.05, 3.63) is 71.0 Å². The van der Waals surface area contributed by atoms with Crippen molar-refractivity contribution in [2.24, 2.45) is 0 Å². The van der Waals surface area contributed by atoms with Crippen molar-refractivity contribution in [3.63, 3.8) is 0 Å². The molecular weight excluding hydrogens is 491 g/mol. The van der Waals surface area contributed by atoms with Crippen LogP contribution in [0.1, 0.15) is 16.7 Å². The van der Waals surface area contributed by atoms with Gasteiger partial charge in [-0.25, -0.2) is 13.4 Å². The second kappa shape index (κ2) is 10.3. The summed E-state index contributed by atoms with van der Waals surface area (Å²) in [6.45, 7) is 1.51. The van der Waals surface area contributed by atoms with Crippen LogP contribution in [0.4, 0.5) is 15.9 Å². The minimum Gasteiger partial charge on any atom is -0.497 e. The van der Waals surface area contributed by atoms with Gasteiger partial charge in [0.15, 0.2) is 5.82 Å². The largest absolute Gasteiger partial charge is 0.497 e. The molecule has 4 rings (SSSR count). The summed E-state index contributed by atoms with van der Waals surface area (Å²) in [6, 6.07) is 13.3. The van der Waals surface area contributed by atoms with Crippen LogP contribution >= 0.6 is 0 Å². The zero-order chi connectivity index (χ0) is 25.9. The maximum atomic E-state index is 15.4. The molecule has 0 atom stereocenters. The zero-order valence-electron chi connectivity index (χ0n) is 19.9. The summed E-state index contributed by atoms with van der Waals surface area (Å²) >= 11 is 0. The monoisotopic (exact) mass is 516 g/mol. The summed E-state index contributed by atoms with van der Waals surface area (Å²) < 4.78 is 59.0. The number of nitrogens with one attached hydrogen (secondary N) is 2. The first-order valence-corrected chi connectivity index (χ1v) is 12.3. The highest BCUT2D eigenvalue weighted by Crippen LogP contribution is 2.36. The number of carbonyl (C=O) groups excluding carboxylic acids is 1. The molecule has 2 heterocycles. The fourth-order valence-electron chi connectivity index (χ4n) is 3.60. The van der Waals surface area contributed by atoms with E-state index in [1.807, 2.05) is 17.7 Å². The van der Waals surface area contributed by atoms with Crippen LogP contribution in [-0.2, 0) is 28.2 Å². The number of aryl methyl sites for hydroxylation is 1. The molecule has 0 aliphatic carbocycles. The summed E-state index contributed by atoms with van der Waals surface area (Å²) in [6.07, 6.45) is 0. The molecule has 36 heavy (non-hydrogen) atoms. The normalized spacial score (nSPS) is 14.3. The highest BCUT2D eigenvalue weighted by molar-refractivity contribution is 7.92. The maximum Gasteiger partial charge on any atom is 0.326 e. The van der Waals surface area contributed by atoms with Gasteiger partial charge in [-0.05, 0) is 47.9 Å². The van der Waals surface area contributed by atoms with Crippen molar-refractivity contribution < 1.29 is 31.8 Å². The number of hydrogen-bond donors (Lipinski definition) is 2. The van der Waals surface area contributed by atoms with E-state index in [1.165, 1.54) is 19.2 Å². The maximum absolute atomic E-state index is 15.4. The molecule has 0 unspecified atom stereocenters. The van der Waals surface area contributed by atoms with E-state index >= 15 is 4.39 Å². The second-order valence-corrected chi connectivity index (χ2v) is 9.57. The predicted molar refractivity (Wildman–Crippen MR) is 131 cm³/mol. The first-order chi connectivity index (χ1) is 17.2. The lowest BCUT2D eigenvalue weighted by Gasteiger charge is -2.21. The molecule has 190 valence electrons. The standard InChI is InChI=1S/C24H25FN4O6S/c1-15-4-9-22(34-3)27-24(15)26-12-17-10-19(25)23(29-13-21(30)28-36(29,31)32)20(11-17)35-14-16-5-7-18(33-2)8-6-16/h4-11H,12-14H2,1-3H3,(H,26,27)(H,28,30). The Morgan fingerprint density at radius 2 is 1.83 bits per heavy atom. The van der Waals surface area contributed by atoms with E-state index in [0.717, 1.165) is 11.1 Å². The van der Waals surface area contributed by atoms with Gasteiger partial charge in [-0.1, -0.05) is 18.2 Å². The second-order valence-electron chi connectivity index (χ2n) is 7.97. The molecule has 1 aliphatic rings. The van der Waals surface area contributed by atoms with Crippen LogP contribution < -0.4 is 28.6 Å². The van der Waals surface area contributed by atoms with Crippen LogP contribution in [-0.4, -0.2) is 40.1 Å². The molecule has 0 radical (unpaired) electrons. The van der Waals surface area contributed by atoms with Gasteiger partial charge in [0.25, 0.3) is 5.91 Å². The third-order valence-electron chi connectivity index (χ3n) is 5.45. The van der Waals surface area contributed by atoms with Crippen molar-refractivity contribution in [2.75, 3.05) is 30.4 Å². The summed E-state index contributed by atoms with van der Waals surface area (Å²) in [5.41, 5.74) is 1.74. The van der Waals surface area contributed by atoms with Crippen molar-refractivity contribution >= 4 is 27.6 Å². The van der Waals surface area contributed by atoms with Gasteiger partial charge in [0.2, 0.25) is 5.88 Å². The van der Waals surface area contributed by atoms with Gasteiger partial charge in [0.1, 0.15) is 36.2 Å². The van der Waals surface area contributed by atoms with Gasteiger partial charge in [-0.2, -0.15) is 13.4 Å². The fraction of sp³-hybridized carbons (Fsp3) is 0.250. The molecule has 0 saturated carbocycles. The van der Waals surface area contributed by atoms with Gasteiger partial charge in [0, 0.05) is 12.6 Å². The molecule has 2 aromatic carbocycles. The Kier molecular flexibility index (Phi) is 7.15. The average molecular weight is 517 g/mol. The van der Waals surface area contributed by atoms with Crippen molar-refractivity contribution in [1.29, 1.82) is 0 Å². The van der Waals surface area contributed by atoms with E-state index < -0.39 is 28.5 Å². The van der Waals surface area contributed by atoms with E-state index in [9.17, 15) is 13.2 Å². The molecule has 0 spiro atoms. The predicted octanol–water partition coefficient (Wildman–Crippen LogP) is 2.92. The number of benzene rings is 2. The topological polar surface area (TPSA) is 119 Å². The Labute approximate surface area is 208 Å². The fourth-order valence-corrected chi connectivity index (χ4v) is 4.77. The molecule has 1 saturated heterocycles. The number of amides is 1. The van der Waals surface area contributed by atoms with Crippen LogP contribution in [0.2, 0.25) is 0 Å². The van der Waals surface area contributed by atoms with Crippen LogP contribution in [0.25, 0.3) is 0 Å². The van der Waals surface area contributed by atoms with E-state index in [0.29, 0.717) is 27.3 Å². The average Bonchev–Trinajstić information content (AvgIpc) is 3.13. The number of pyridine rings is 1. The summed E-state index contributed by atoms with van der Waals surface area (Å²) in [7, 11) is -1.19. The Morgan fingerprint density at radius 3 is 2.47 bits per heavy atom. The summed E-state index contributed by atoms with van der Waals surface area (Å²) in [4.78, 5) is 16.1. The highest BCUT2D eigenvalue weighted by Gasteiger charge is 2.37. The Morgan fingerprint density at radius 1 is 1.08 bits per heavy atom. The number of ether oxygens (including phenoxy) is 3. The third kappa shape index (κ3) is 5.43. The number of methoxy groups -OCH3 is 2. The van der Waals surface area contributed by atoms with Crippen LogP contribution in [0, 0.1) is 12.7 Å². The van der Waals surface area contributed by atoms with E-state index in [-0.39, 0.29) is 24.6 Å². The smallest absolute Gasteiger partial charge is 0.326 e. The van der Waals surface area contributed by atoms with Gasteiger partial charge >= 0.3 is 10.2 Å². The molecule has 1 aromatic heterocycles. The lowest BCUT2D eigenvalue weighted by molar-refractivity contribution is -0.117. The Balaban J connectivity index is 1.65. The number of rotatable bonds is 9. The minimum absolute atomic E-state index is 0.0269. The SMILES string of the molecule is COc1ccc(COc2cc(CNc3nc(OC)ccc3C)cc(F)c2N2CC(=O)NS2(=O)=O)cc1.